The molecule has 0 aromatic heterocycles. The number of carbonyl (C=O) groups is 11. The molecule has 2 N–H and O–H groups in total. The van der Waals surface area contributed by atoms with E-state index in [9.17, 15) is 52.7 Å². The van der Waals surface area contributed by atoms with Gasteiger partial charge in [-0.1, -0.05) is 71.4 Å². The number of hydrogen-bond acceptors (Lipinski definition) is 15. The Balaban J connectivity index is 1.48. The van der Waals surface area contributed by atoms with Crippen LogP contribution in [0.2, 0.25) is 0 Å². The van der Waals surface area contributed by atoms with E-state index < -0.39 is 145 Å². The molecule has 9 atom stereocenters. The first-order valence-electron chi connectivity index (χ1n) is 26.1. The number of ketones is 1. The Morgan fingerprint density at radius 2 is 1.34 bits per heavy atom. The fourth-order valence-electron chi connectivity index (χ4n) is 9.85. The van der Waals surface area contributed by atoms with E-state index in [-0.39, 0.29) is 24.7 Å². The first-order valence-corrected chi connectivity index (χ1v) is 26.1. The van der Waals surface area contributed by atoms with Crippen molar-refractivity contribution < 1.29 is 71.7 Å². The Morgan fingerprint density at radius 3 is 1.82 bits per heavy atom. The average Bonchev–Trinajstić information content (AvgIpc) is 4.08. The fraction of sp³-hybridized carbons (Fsp3) is 0.618. The van der Waals surface area contributed by atoms with Crippen molar-refractivity contribution in [3.63, 3.8) is 0 Å². The monoisotopic (exact) mass is 1080 g/mol. The van der Waals surface area contributed by atoms with Crippen molar-refractivity contribution in [3.8, 4) is 0 Å². The minimum atomic E-state index is -1.76. The summed E-state index contributed by atoms with van der Waals surface area (Å²) in [6.07, 6.45) is 3.00. The van der Waals surface area contributed by atoms with Gasteiger partial charge in [0.2, 0.25) is 23.6 Å². The number of rotatable bonds is 28. The third-order valence-corrected chi connectivity index (χ3v) is 14.2. The van der Waals surface area contributed by atoms with Crippen LogP contribution in [0.15, 0.2) is 54.6 Å². The second-order valence-corrected chi connectivity index (χ2v) is 21.3. The highest BCUT2D eigenvalue weighted by molar-refractivity contribution is 6.14. The summed E-state index contributed by atoms with van der Waals surface area (Å²) in [5, 5.41) is 5.57. The molecule has 22 nitrogen and oxygen atoms in total. The van der Waals surface area contributed by atoms with Gasteiger partial charge in [0.05, 0.1) is 55.8 Å². The average molecular weight is 1080 g/mol. The second kappa shape index (κ2) is 28.1. The molecular formula is C55H79N7O15. The third-order valence-electron chi connectivity index (χ3n) is 14.2. The molecule has 1 saturated heterocycles. The quantitative estimate of drug-likeness (QED) is 0.0688. The maximum Gasteiger partial charge on any atom is 0.329 e. The van der Waals surface area contributed by atoms with Crippen molar-refractivity contribution in [2.45, 2.75) is 149 Å². The number of esters is 1. The summed E-state index contributed by atoms with van der Waals surface area (Å²) in [6.45, 7) is 13.9. The van der Waals surface area contributed by atoms with E-state index in [1.165, 1.54) is 26.2 Å². The molecule has 0 spiro atoms. The number of nitrogens with one attached hydrogen (secondary N) is 2. The van der Waals surface area contributed by atoms with Crippen molar-refractivity contribution in [1.29, 1.82) is 0 Å². The van der Waals surface area contributed by atoms with Gasteiger partial charge in [-0.3, -0.25) is 57.7 Å². The lowest BCUT2D eigenvalue weighted by molar-refractivity contribution is -0.159. The summed E-state index contributed by atoms with van der Waals surface area (Å²) in [5.74, 6) is -8.85. The van der Waals surface area contributed by atoms with Gasteiger partial charge in [0.1, 0.15) is 24.3 Å². The first-order chi connectivity index (χ1) is 36.1. The highest BCUT2D eigenvalue weighted by Gasteiger charge is 2.44. The SMILES string of the molecule is CC[C@H](C)[C@@H]([C@@H](CC(=O)N1CCC[C@H]1[C@H](OC)[C@@H](C)C(=O)NC(Cc1ccccc1)C(=O)OC(C)(C)C)OC)N(C)C(=O)[C@@H](NC(=O)[C@H](C(C)=O)N(C)C(=O)COC(CN1C(=O)C=CC1=O)CN1C(=O)C=CC1=O)C(C)C. The molecule has 22 heteroatoms. The zero-order valence-electron chi connectivity index (χ0n) is 46.8. The number of likely N-dealkylation sites (N-methyl/N-ethyl adjacent to an activating group) is 2. The van der Waals surface area contributed by atoms with Gasteiger partial charge >= 0.3 is 5.97 Å². The highest BCUT2D eigenvalue weighted by atomic mass is 16.6. The molecule has 424 valence electrons. The smallest absolute Gasteiger partial charge is 0.329 e. The predicted molar refractivity (Wildman–Crippen MR) is 280 cm³/mol. The maximum absolute atomic E-state index is 14.7. The molecule has 1 aromatic rings. The predicted octanol–water partition coefficient (Wildman–Crippen LogP) is 1.77. The van der Waals surface area contributed by atoms with Crippen LogP contribution in [0.3, 0.4) is 0 Å². The lowest BCUT2D eigenvalue weighted by Gasteiger charge is -2.41. The number of likely N-dealkylation sites (tertiary alicyclic amines) is 1. The minimum absolute atomic E-state index is 0.168. The molecule has 1 unspecified atom stereocenters. The second-order valence-electron chi connectivity index (χ2n) is 21.3. The summed E-state index contributed by atoms with van der Waals surface area (Å²) in [7, 11) is 5.64. The standard InChI is InChI=1S/C55H79N7O15/c1-14-33(4)48(40(74-12)28-45(68)60-26-18-21-39(60)50(75-13)34(5)51(70)56-38(54(73)77-55(7,8)9)27-36-19-16-15-17-20-36)59(11)53(72)47(32(2)3)57-52(71)49(35(6)63)58(10)46(69)31-76-37(29-61-41(64)22-23-42(61)65)30-62-43(66)24-25-44(62)67/h15-17,19-20,22-25,32-34,37-40,47-50H,14,18,21,26-31H2,1-13H3,(H,56,70)(H,57,71)/t33-,34+,38?,39-,40+,47-,48-,49-,50+/m0/s1. The molecule has 77 heavy (non-hydrogen) atoms. The molecule has 4 rings (SSSR count). The van der Waals surface area contributed by atoms with Crippen molar-refractivity contribution in [3.05, 3.63) is 60.2 Å². The zero-order valence-corrected chi connectivity index (χ0v) is 46.8. The third kappa shape index (κ3) is 16.7. The fourth-order valence-corrected chi connectivity index (χ4v) is 9.85. The molecule has 0 aliphatic carbocycles. The normalized spacial score (nSPS) is 18.7. The van der Waals surface area contributed by atoms with E-state index in [4.69, 9.17) is 18.9 Å². The topological polar surface area (TPSA) is 265 Å². The van der Waals surface area contributed by atoms with Gasteiger partial charge in [0, 0.05) is 65.6 Å². The molecule has 3 heterocycles. The molecule has 1 fully saturated rings. The van der Waals surface area contributed by atoms with Crippen LogP contribution in [0.5, 0.6) is 0 Å². The van der Waals surface area contributed by atoms with Crippen molar-refractivity contribution in [1.82, 2.24) is 35.1 Å². The molecule has 1 aromatic carbocycles. The summed E-state index contributed by atoms with van der Waals surface area (Å²) < 4.78 is 23.5. The van der Waals surface area contributed by atoms with Gasteiger partial charge in [-0.05, 0) is 57.9 Å². The van der Waals surface area contributed by atoms with E-state index in [2.05, 4.69) is 10.6 Å². The molecule has 9 amide bonds. The number of ether oxygens (including phenoxy) is 4. The van der Waals surface area contributed by atoms with Gasteiger partial charge in [0.15, 0.2) is 11.8 Å². The summed E-state index contributed by atoms with van der Waals surface area (Å²) in [5.41, 5.74) is 0.0177. The number of methoxy groups -OCH3 is 2. The van der Waals surface area contributed by atoms with E-state index >= 15 is 0 Å². The number of Topliss-reactive ketones (excluding diaryl/α,β-unsaturated/α-hetero) is 1. The highest BCUT2D eigenvalue weighted by Crippen LogP contribution is 2.30. The van der Waals surface area contributed by atoms with Crippen LogP contribution in [0.25, 0.3) is 0 Å². The van der Waals surface area contributed by atoms with Crippen LogP contribution in [0.4, 0.5) is 0 Å². The van der Waals surface area contributed by atoms with Crippen LogP contribution in [-0.2, 0) is 78.1 Å². The van der Waals surface area contributed by atoms with Gasteiger partial charge in [0.25, 0.3) is 29.5 Å². The molecule has 3 aliphatic heterocycles. The number of carbonyl (C=O) groups excluding carboxylic acids is 11. The van der Waals surface area contributed by atoms with Crippen LogP contribution in [0, 0.1) is 17.8 Å². The van der Waals surface area contributed by atoms with Gasteiger partial charge in [-0.2, -0.15) is 0 Å². The van der Waals surface area contributed by atoms with Crippen LogP contribution >= 0.6 is 0 Å². The summed E-state index contributed by atoms with van der Waals surface area (Å²) in [4.78, 5) is 153. The van der Waals surface area contributed by atoms with E-state index in [0.717, 1.165) is 51.5 Å². The Bertz CT molecular complexity index is 2320. The zero-order chi connectivity index (χ0) is 57.6. The number of benzene rings is 1. The molecule has 0 radical (unpaired) electrons. The summed E-state index contributed by atoms with van der Waals surface area (Å²) in [6, 6.07) is 4.00. The van der Waals surface area contributed by atoms with Crippen molar-refractivity contribution in [2.24, 2.45) is 17.8 Å². The van der Waals surface area contributed by atoms with E-state index in [1.54, 1.807) is 53.5 Å². The maximum atomic E-state index is 14.7. The van der Waals surface area contributed by atoms with Crippen LogP contribution in [0.1, 0.15) is 93.6 Å². The Labute approximate surface area is 451 Å². The Morgan fingerprint density at radius 1 is 0.779 bits per heavy atom. The van der Waals surface area contributed by atoms with Gasteiger partial charge in [-0.15, -0.1) is 0 Å². The Hall–Kier alpha value is -6.65. The minimum Gasteiger partial charge on any atom is -0.458 e. The number of nitrogens with zero attached hydrogens (tertiary/aromatic N) is 5. The lowest BCUT2D eigenvalue weighted by atomic mass is 9.89. The number of amides is 9. The van der Waals surface area contributed by atoms with Gasteiger partial charge < -0.3 is 44.3 Å². The largest absolute Gasteiger partial charge is 0.458 e. The van der Waals surface area contributed by atoms with Crippen LogP contribution in [-0.4, -0.2) is 198 Å². The Kier molecular flexibility index (Phi) is 23.0. The van der Waals surface area contributed by atoms with Crippen molar-refractivity contribution >= 4 is 64.9 Å². The van der Waals surface area contributed by atoms with E-state index in [0.29, 0.717) is 25.8 Å². The van der Waals surface area contributed by atoms with Gasteiger partial charge in [-0.25, -0.2) is 4.79 Å². The molecule has 0 saturated carbocycles. The van der Waals surface area contributed by atoms with Crippen LogP contribution < -0.4 is 10.6 Å². The number of hydrogen-bond donors (Lipinski definition) is 2. The lowest BCUT2D eigenvalue weighted by Crippen LogP contribution is -2.61. The van der Waals surface area contributed by atoms with Crippen molar-refractivity contribution in [2.75, 3.05) is 54.6 Å². The summed E-state index contributed by atoms with van der Waals surface area (Å²) >= 11 is 0. The van der Waals surface area contributed by atoms with E-state index in [1.807, 2.05) is 44.2 Å². The first kappa shape index (κ1) is 62.9. The molecular weight excluding hydrogens is 999 g/mol. The molecule has 3 aliphatic rings. The molecule has 0 bridgehead atoms. The number of imide groups is 2.